The van der Waals surface area contributed by atoms with Gasteiger partial charge in [-0.2, -0.15) is 13.2 Å². The predicted molar refractivity (Wildman–Crippen MR) is 91.5 cm³/mol. The SMILES string of the molecule is Cc1ccc(CNC(=O)NCC(=O)Nc2cccc(C(F)(F)F)c2)cc1. The van der Waals surface area contributed by atoms with E-state index in [2.05, 4.69) is 16.0 Å². The van der Waals surface area contributed by atoms with Crippen LogP contribution in [-0.4, -0.2) is 18.5 Å². The molecular weight excluding hydrogens is 347 g/mol. The van der Waals surface area contributed by atoms with Crippen LogP contribution in [-0.2, 0) is 17.5 Å². The quantitative estimate of drug-likeness (QED) is 0.760. The van der Waals surface area contributed by atoms with Gasteiger partial charge in [0.2, 0.25) is 5.91 Å². The Labute approximate surface area is 148 Å². The molecule has 3 N–H and O–H groups in total. The molecule has 8 heteroatoms. The van der Waals surface area contributed by atoms with Crippen molar-refractivity contribution in [2.75, 3.05) is 11.9 Å². The summed E-state index contributed by atoms with van der Waals surface area (Å²) in [7, 11) is 0. The number of alkyl halides is 3. The van der Waals surface area contributed by atoms with Crippen LogP contribution in [0.2, 0.25) is 0 Å². The standard InChI is InChI=1S/C18H18F3N3O2/c1-12-5-7-13(8-6-12)10-22-17(26)23-11-16(25)24-15-4-2-3-14(9-15)18(19,20)21/h2-9H,10-11H2,1H3,(H,24,25)(H2,22,23,26). The number of rotatable bonds is 5. The molecule has 0 spiro atoms. The Morgan fingerprint density at radius 2 is 1.69 bits per heavy atom. The van der Waals surface area contributed by atoms with Gasteiger partial charge in [0.05, 0.1) is 12.1 Å². The fourth-order valence-corrected chi connectivity index (χ4v) is 2.09. The van der Waals surface area contributed by atoms with Crippen LogP contribution in [0.5, 0.6) is 0 Å². The van der Waals surface area contributed by atoms with Crippen LogP contribution in [0.3, 0.4) is 0 Å². The van der Waals surface area contributed by atoms with Gasteiger partial charge in [0.1, 0.15) is 0 Å². The molecule has 0 saturated heterocycles. The number of hydrogen-bond acceptors (Lipinski definition) is 2. The van der Waals surface area contributed by atoms with Crippen molar-refractivity contribution in [3.8, 4) is 0 Å². The molecule has 3 amide bonds. The van der Waals surface area contributed by atoms with Gasteiger partial charge in [-0.15, -0.1) is 0 Å². The smallest absolute Gasteiger partial charge is 0.334 e. The lowest BCUT2D eigenvalue weighted by Gasteiger charge is -2.11. The van der Waals surface area contributed by atoms with Crippen molar-refractivity contribution in [1.82, 2.24) is 10.6 Å². The molecule has 2 aromatic carbocycles. The van der Waals surface area contributed by atoms with E-state index in [1.165, 1.54) is 12.1 Å². The molecule has 0 aliphatic carbocycles. The normalized spacial score (nSPS) is 10.9. The van der Waals surface area contributed by atoms with Crippen LogP contribution in [0.4, 0.5) is 23.7 Å². The van der Waals surface area contributed by atoms with Crippen molar-refractivity contribution in [3.63, 3.8) is 0 Å². The third-order valence-corrected chi connectivity index (χ3v) is 3.46. The molecule has 0 heterocycles. The number of carbonyl (C=O) groups excluding carboxylic acids is 2. The maximum absolute atomic E-state index is 12.6. The Kier molecular flexibility index (Phi) is 6.21. The Hall–Kier alpha value is -3.03. The maximum atomic E-state index is 12.6. The summed E-state index contributed by atoms with van der Waals surface area (Å²) in [6.45, 7) is 1.88. The molecule has 0 atom stereocenters. The van der Waals surface area contributed by atoms with E-state index in [4.69, 9.17) is 0 Å². The number of urea groups is 1. The molecule has 26 heavy (non-hydrogen) atoms. The number of carbonyl (C=O) groups is 2. The molecule has 0 radical (unpaired) electrons. The van der Waals surface area contributed by atoms with E-state index in [0.29, 0.717) is 6.54 Å². The van der Waals surface area contributed by atoms with Gasteiger partial charge in [0.25, 0.3) is 0 Å². The van der Waals surface area contributed by atoms with Gasteiger partial charge in [-0.05, 0) is 30.7 Å². The highest BCUT2D eigenvalue weighted by atomic mass is 19.4. The summed E-state index contributed by atoms with van der Waals surface area (Å²) < 4.78 is 37.9. The predicted octanol–water partition coefficient (Wildman–Crippen LogP) is 3.45. The van der Waals surface area contributed by atoms with Gasteiger partial charge in [0, 0.05) is 12.2 Å². The van der Waals surface area contributed by atoms with E-state index in [1.807, 2.05) is 31.2 Å². The highest BCUT2D eigenvalue weighted by Crippen LogP contribution is 2.30. The van der Waals surface area contributed by atoms with E-state index in [1.54, 1.807) is 0 Å². The highest BCUT2D eigenvalue weighted by molar-refractivity contribution is 5.94. The Balaban J connectivity index is 1.77. The summed E-state index contributed by atoms with van der Waals surface area (Å²) >= 11 is 0. The first-order valence-corrected chi connectivity index (χ1v) is 7.78. The summed E-state index contributed by atoms with van der Waals surface area (Å²) in [6, 6.07) is 11.3. The monoisotopic (exact) mass is 365 g/mol. The topological polar surface area (TPSA) is 70.2 Å². The molecule has 0 unspecified atom stereocenters. The van der Waals surface area contributed by atoms with Gasteiger partial charge in [-0.1, -0.05) is 35.9 Å². The van der Waals surface area contributed by atoms with Gasteiger partial charge in [0.15, 0.2) is 0 Å². The largest absolute Gasteiger partial charge is 0.416 e. The third-order valence-electron chi connectivity index (χ3n) is 3.46. The first-order valence-electron chi connectivity index (χ1n) is 7.78. The minimum Gasteiger partial charge on any atom is -0.334 e. The first-order chi connectivity index (χ1) is 12.2. The number of aryl methyl sites for hydroxylation is 1. The lowest BCUT2D eigenvalue weighted by atomic mass is 10.1. The van der Waals surface area contributed by atoms with Crippen molar-refractivity contribution in [3.05, 3.63) is 65.2 Å². The molecule has 5 nitrogen and oxygen atoms in total. The van der Waals surface area contributed by atoms with Gasteiger partial charge >= 0.3 is 12.2 Å². The number of nitrogens with one attached hydrogen (secondary N) is 3. The average Bonchev–Trinajstić information content (AvgIpc) is 2.59. The zero-order chi connectivity index (χ0) is 19.2. The molecule has 138 valence electrons. The van der Waals surface area contributed by atoms with Crippen LogP contribution in [0.1, 0.15) is 16.7 Å². The fourth-order valence-electron chi connectivity index (χ4n) is 2.09. The van der Waals surface area contributed by atoms with E-state index in [0.717, 1.165) is 23.3 Å². The van der Waals surface area contributed by atoms with Gasteiger partial charge in [-0.25, -0.2) is 4.79 Å². The van der Waals surface area contributed by atoms with E-state index < -0.39 is 23.7 Å². The average molecular weight is 365 g/mol. The molecule has 0 saturated carbocycles. The minimum absolute atomic E-state index is 0.00619. The number of amides is 3. The van der Waals surface area contributed by atoms with Crippen molar-refractivity contribution in [2.24, 2.45) is 0 Å². The van der Waals surface area contributed by atoms with Gasteiger partial charge in [-0.3, -0.25) is 4.79 Å². The molecule has 2 rings (SSSR count). The van der Waals surface area contributed by atoms with Crippen molar-refractivity contribution >= 4 is 17.6 Å². The van der Waals surface area contributed by atoms with E-state index in [9.17, 15) is 22.8 Å². The van der Waals surface area contributed by atoms with Crippen LogP contribution in [0.25, 0.3) is 0 Å². The van der Waals surface area contributed by atoms with Gasteiger partial charge < -0.3 is 16.0 Å². The van der Waals surface area contributed by atoms with Crippen molar-refractivity contribution in [1.29, 1.82) is 0 Å². The number of benzene rings is 2. The van der Waals surface area contributed by atoms with E-state index in [-0.39, 0.29) is 12.2 Å². The summed E-state index contributed by atoms with van der Waals surface area (Å²) in [5.41, 5.74) is 1.15. The molecule has 0 bridgehead atoms. The lowest BCUT2D eigenvalue weighted by molar-refractivity contribution is -0.137. The van der Waals surface area contributed by atoms with Crippen molar-refractivity contribution < 1.29 is 22.8 Å². The Bertz CT molecular complexity index is 774. The molecule has 0 aromatic heterocycles. The zero-order valence-electron chi connectivity index (χ0n) is 14.0. The number of halogens is 3. The number of hydrogen-bond donors (Lipinski definition) is 3. The number of anilines is 1. The minimum atomic E-state index is -4.49. The maximum Gasteiger partial charge on any atom is 0.416 e. The summed E-state index contributed by atoms with van der Waals surface area (Å²) in [5, 5.41) is 7.24. The first kappa shape index (κ1) is 19.3. The lowest BCUT2D eigenvalue weighted by Crippen LogP contribution is -2.39. The van der Waals surface area contributed by atoms with Crippen LogP contribution < -0.4 is 16.0 Å². The summed E-state index contributed by atoms with van der Waals surface area (Å²) in [4.78, 5) is 23.4. The summed E-state index contributed by atoms with van der Waals surface area (Å²) in [6.07, 6.45) is -4.49. The Morgan fingerprint density at radius 1 is 1.00 bits per heavy atom. The van der Waals surface area contributed by atoms with Crippen molar-refractivity contribution in [2.45, 2.75) is 19.6 Å². The molecular formula is C18H18F3N3O2. The molecule has 0 aliphatic rings. The van der Waals surface area contributed by atoms with Crippen LogP contribution in [0.15, 0.2) is 48.5 Å². The fraction of sp³-hybridized carbons (Fsp3) is 0.222. The highest BCUT2D eigenvalue weighted by Gasteiger charge is 2.30. The molecule has 0 aliphatic heterocycles. The summed E-state index contributed by atoms with van der Waals surface area (Å²) in [5.74, 6) is -0.630. The third kappa shape index (κ3) is 6.12. The molecule has 2 aromatic rings. The zero-order valence-corrected chi connectivity index (χ0v) is 14.0. The second kappa shape index (κ2) is 8.37. The van der Waals surface area contributed by atoms with E-state index >= 15 is 0 Å². The van der Waals surface area contributed by atoms with Crippen LogP contribution in [0, 0.1) is 6.92 Å². The van der Waals surface area contributed by atoms with Crippen LogP contribution >= 0.6 is 0 Å². The second-order valence-electron chi connectivity index (χ2n) is 5.65. The Morgan fingerprint density at radius 3 is 2.35 bits per heavy atom. The second-order valence-corrected chi connectivity index (χ2v) is 5.65. The molecule has 0 fully saturated rings.